The molecule has 36 heavy (non-hydrogen) atoms. The Morgan fingerprint density at radius 2 is 2.08 bits per heavy atom. The highest BCUT2D eigenvalue weighted by atomic mass is 16.5. The maximum Gasteiger partial charge on any atom is 0.295 e. The predicted octanol–water partition coefficient (Wildman–Crippen LogP) is 4.59. The van der Waals surface area contributed by atoms with E-state index >= 15 is 0 Å². The molecule has 3 aromatic rings. The third kappa shape index (κ3) is 4.35. The summed E-state index contributed by atoms with van der Waals surface area (Å²) < 4.78 is 11.5. The van der Waals surface area contributed by atoms with E-state index in [0.717, 1.165) is 16.9 Å². The fourth-order valence-electron chi connectivity index (χ4n) is 4.73. The van der Waals surface area contributed by atoms with E-state index in [1.165, 1.54) is 4.90 Å². The Morgan fingerprint density at radius 1 is 1.22 bits per heavy atom. The second kappa shape index (κ2) is 9.70. The van der Waals surface area contributed by atoms with Crippen molar-refractivity contribution in [3.8, 4) is 11.5 Å². The number of nitrogens with zero attached hydrogens (tertiary/aromatic N) is 2. The van der Waals surface area contributed by atoms with Crippen molar-refractivity contribution in [3.63, 3.8) is 0 Å². The first-order valence-electron chi connectivity index (χ1n) is 11.8. The van der Waals surface area contributed by atoms with Gasteiger partial charge in [0, 0.05) is 30.9 Å². The predicted molar refractivity (Wildman–Crippen MR) is 134 cm³/mol. The van der Waals surface area contributed by atoms with Crippen LogP contribution in [0.4, 0.5) is 0 Å². The molecule has 7 nitrogen and oxygen atoms in total. The quantitative estimate of drug-likeness (QED) is 0.229. The summed E-state index contributed by atoms with van der Waals surface area (Å²) in [5.41, 5.74) is 2.88. The van der Waals surface area contributed by atoms with Crippen LogP contribution in [0.15, 0.2) is 85.2 Å². The Balaban J connectivity index is 1.62. The number of aliphatic hydroxyl groups excluding tert-OH is 1. The summed E-state index contributed by atoms with van der Waals surface area (Å²) in [6.07, 6.45) is 5.69. The van der Waals surface area contributed by atoms with Gasteiger partial charge in [-0.25, -0.2) is 0 Å². The number of ether oxygens (including phenoxy) is 2. The van der Waals surface area contributed by atoms with Crippen LogP contribution in [0.25, 0.3) is 5.76 Å². The van der Waals surface area contributed by atoms with Crippen LogP contribution < -0.4 is 9.47 Å². The third-order valence-electron chi connectivity index (χ3n) is 6.33. The summed E-state index contributed by atoms with van der Waals surface area (Å²) in [7, 11) is 0. The summed E-state index contributed by atoms with van der Waals surface area (Å²) >= 11 is 0. The Hall–Kier alpha value is -4.39. The average Bonchev–Trinajstić information content (AvgIpc) is 3.39. The largest absolute Gasteiger partial charge is 0.507 e. The molecule has 1 N–H and O–H groups in total. The first-order valence-corrected chi connectivity index (χ1v) is 11.8. The SMILES string of the molecule is C=CCOc1cccc(C2/C(=C(/O)c3ccc4c(c3)CC(C)O4)C(=O)C(=O)N2Cc2cccnc2)c1. The molecule has 1 aromatic heterocycles. The second-order valence-corrected chi connectivity index (χ2v) is 8.92. The van der Waals surface area contributed by atoms with Crippen LogP contribution in [-0.4, -0.2) is 39.4 Å². The molecule has 2 aromatic carbocycles. The van der Waals surface area contributed by atoms with Crippen molar-refractivity contribution in [3.05, 3.63) is 107 Å². The number of rotatable bonds is 7. The standard InChI is InChI=1S/C29H26N2O5/c1-3-12-35-23-8-4-7-20(15-23)26-25(27(32)21-9-10-24-22(14-21)13-18(2)36-24)28(33)29(34)31(26)17-19-6-5-11-30-16-19/h3-11,14-16,18,26,32H,1,12-13,17H2,2H3/b27-25-. The van der Waals surface area contributed by atoms with Crippen molar-refractivity contribution in [2.24, 2.45) is 0 Å². The monoisotopic (exact) mass is 482 g/mol. The van der Waals surface area contributed by atoms with Crippen LogP contribution in [-0.2, 0) is 22.6 Å². The molecular formula is C29H26N2O5. The minimum Gasteiger partial charge on any atom is -0.507 e. The van der Waals surface area contributed by atoms with Gasteiger partial charge in [-0.05, 0) is 60.0 Å². The summed E-state index contributed by atoms with van der Waals surface area (Å²) in [4.78, 5) is 32.2. The van der Waals surface area contributed by atoms with Crippen LogP contribution in [0.1, 0.15) is 35.2 Å². The molecule has 2 atom stereocenters. The van der Waals surface area contributed by atoms with Crippen LogP contribution in [0.5, 0.6) is 11.5 Å². The molecule has 182 valence electrons. The van der Waals surface area contributed by atoms with Crippen molar-refractivity contribution in [2.75, 3.05) is 6.61 Å². The second-order valence-electron chi connectivity index (χ2n) is 8.92. The molecule has 1 amide bonds. The number of carbonyl (C=O) groups is 2. The number of aromatic nitrogens is 1. The average molecular weight is 483 g/mol. The lowest BCUT2D eigenvalue weighted by molar-refractivity contribution is -0.140. The lowest BCUT2D eigenvalue weighted by Gasteiger charge is -2.25. The number of fused-ring (bicyclic) bond motifs is 1. The molecular weight excluding hydrogens is 456 g/mol. The normalized spacial score (nSPS) is 20.2. The van der Waals surface area contributed by atoms with Crippen LogP contribution >= 0.6 is 0 Å². The lowest BCUT2D eigenvalue weighted by Crippen LogP contribution is -2.29. The van der Waals surface area contributed by atoms with Crippen LogP contribution in [0.2, 0.25) is 0 Å². The first kappa shape index (κ1) is 23.4. The zero-order valence-electron chi connectivity index (χ0n) is 19.9. The number of Topliss-reactive ketones (excluding diaryl/α,β-unsaturated/α-hetero) is 1. The highest BCUT2D eigenvalue weighted by Crippen LogP contribution is 2.42. The summed E-state index contributed by atoms with van der Waals surface area (Å²) in [6.45, 7) is 6.13. The zero-order chi connectivity index (χ0) is 25.2. The molecule has 3 heterocycles. The van der Waals surface area contributed by atoms with E-state index in [9.17, 15) is 14.7 Å². The van der Waals surface area contributed by atoms with E-state index in [1.807, 2.05) is 25.1 Å². The highest BCUT2D eigenvalue weighted by Gasteiger charge is 2.46. The lowest BCUT2D eigenvalue weighted by atomic mass is 9.94. The third-order valence-corrected chi connectivity index (χ3v) is 6.33. The number of aliphatic hydroxyl groups is 1. The van der Waals surface area contributed by atoms with E-state index in [4.69, 9.17) is 9.47 Å². The van der Waals surface area contributed by atoms with Gasteiger partial charge in [0.1, 0.15) is 30.0 Å². The number of benzene rings is 2. The van der Waals surface area contributed by atoms with E-state index in [1.54, 1.807) is 54.9 Å². The van der Waals surface area contributed by atoms with Crippen molar-refractivity contribution >= 4 is 17.4 Å². The fraction of sp³-hybridized carbons (Fsp3) is 0.207. The maximum absolute atomic E-state index is 13.4. The summed E-state index contributed by atoms with van der Waals surface area (Å²) in [6, 6.07) is 15.3. The smallest absolute Gasteiger partial charge is 0.295 e. The van der Waals surface area contributed by atoms with Gasteiger partial charge in [0.05, 0.1) is 11.6 Å². The van der Waals surface area contributed by atoms with E-state index < -0.39 is 17.7 Å². The van der Waals surface area contributed by atoms with Gasteiger partial charge in [0.15, 0.2) is 0 Å². The molecule has 0 bridgehead atoms. The molecule has 5 rings (SSSR count). The molecule has 0 radical (unpaired) electrons. The molecule has 2 unspecified atom stereocenters. The van der Waals surface area contributed by atoms with Crippen molar-refractivity contribution in [1.29, 1.82) is 0 Å². The van der Waals surface area contributed by atoms with Crippen molar-refractivity contribution in [2.45, 2.75) is 32.0 Å². The molecule has 0 spiro atoms. The van der Waals surface area contributed by atoms with E-state index in [0.29, 0.717) is 29.9 Å². The Morgan fingerprint density at radius 3 is 2.86 bits per heavy atom. The number of hydrogen-bond donors (Lipinski definition) is 1. The number of amides is 1. The Labute approximate surface area is 209 Å². The van der Waals surface area contributed by atoms with Gasteiger partial charge in [0.25, 0.3) is 11.7 Å². The molecule has 7 heteroatoms. The number of carbonyl (C=O) groups excluding carboxylic acids is 2. The Kier molecular flexibility index (Phi) is 6.29. The zero-order valence-corrected chi connectivity index (χ0v) is 19.9. The van der Waals surface area contributed by atoms with E-state index in [2.05, 4.69) is 11.6 Å². The molecule has 2 aliphatic heterocycles. The molecule has 2 aliphatic rings. The maximum atomic E-state index is 13.4. The minimum atomic E-state index is -0.805. The minimum absolute atomic E-state index is 0.0386. The van der Waals surface area contributed by atoms with Gasteiger partial charge >= 0.3 is 0 Å². The Bertz CT molecular complexity index is 1370. The summed E-state index contributed by atoms with van der Waals surface area (Å²) in [5.74, 6) is -0.292. The van der Waals surface area contributed by atoms with Crippen molar-refractivity contribution < 1.29 is 24.2 Å². The fourth-order valence-corrected chi connectivity index (χ4v) is 4.73. The molecule has 0 saturated carbocycles. The van der Waals surface area contributed by atoms with Gasteiger partial charge in [-0.15, -0.1) is 0 Å². The van der Waals surface area contributed by atoms with Gasteiger partial charge < -0.3 is 19.5 Å². The molecule has 1 fully saturated rings. The van der Waals surface area contributed by atoms with Gasteiger partial charge in [0.2, 0.25) is 0 Å². The van der Waals surface area contributed by atoms with Gasteiger partial charge in [-0.3, -0.25) is 14.6 Å². The highest BCUT2D eigenvalue weighted by molar-refractivity contribution is 6.46. The number of likely N-dealkylation sites (tertiary alicyclic amines) is 1. The number of ketones is 1. The van der Waals surface area contributed by atoms with Crippen molar-refractivity contribution in [1.82, 2.24) is 9.88 Å². The topological polar surface area (TPSA) is 89.0 Å². The van der Waals surface area contributed by atoms with Crippen LogP contribution in [0, 0.1) is 0 Å². The molecule has 0 aliphatic carbocycles. The number of hydrogen-bond acceptors (Lipinski definition) is 6. The van der Waals surface area contributed by atoms with Crippen LogP contribution in [0.3, 0.4) is 0 Å². The van der Waals surface area contributed by atoms with Gasteiger partial charge in [-0.2, -0.15) is 0 Å². The van der Waals surface area contributed by atoms with Gasteiger partial charge in [-0.1, -0.05) is 30.9 Å². The number of pyridine rings is 1. The summed E-state index contributed by atoms with van der Waals surface area (Å²) in [5, 5.41) is 11.4. The van der Waals surface area contributed by atoms with E-state index in [-0.39, 0.29) is 24.0 Å². The first-order chi connectivity index (χ1) is 17.5. The molecule has 1 saturated heterocycles.